The molecule has 0 aliphatic carbocycles. The van der Waals surface area contributed by atoms with Crippen molar-refractivity contribution in [3.05, 3.63) is 41.3 Å². The number of hydrazine groups is 1. The zero-order chi connectivity index (χ0) is 11.7. The van der Waals surface area contributed by atoms with Gasteiger partial charge in [0.05, 0.1) is 12.2 Å². The van der Waals surface area contributed by atoms with E-state index in [2.05, 4.69) is 10.4 Å². The average molecular weight is 245 g/mol. The SMILES string of the molecule is O=C1CCN=C2SC=C(c3ccccc3)N2N1. The van der Waals surface area contributed by atoms with E-state index in [0.29, 0.717) is 13.0 Å². The van der Waals surface area contributed by atoms with Crippen LogP contribution in [0.2, 0.25) is 0 Å². The Morgan fingerprint density at radius 3 is 2.94 bits per heavy atom. The molecule has 0 atom stereocenters. The fraction of sp³-hybridized carbons (Fsp3) is 0.167. The lowest BCUT2D eigenvalue weighted by Crippen LogP contribution is -2.40. The van der Waals surface area contributed by atoms with Crippen molar-refractivity contribution in [1.29, 1.82) is 0 Å². The number of nitrogens with one attached hydrogen (secondary N) is 1. The zero-order valence-corrected chi connectivity index (χ0v) is 9.91. The Kier molecular flexibility index (Phi) is 2.60. The zero-order valence-electron chi connectivity index (χ0n) is 9.09. The van der Waals surface area contributed by atoms with Crippen molar-refractivity contribution in [2.45, 2.75) is 6.42 Å². The number of aliphatic imine (C=N–C) groups is 1. The fourth-order valence-electron chi connectivity index (χ4n) is 1.77. The smallest absolute Gasteiger partial charge is 0.240 e. The number of amides is 1. The minimum absolute atomic E-state index is 0.00748. The molecular formula is C12H11N3OS. The maximum absolute atomic E-state index is 11.5. The van der Waals surface area contributed by atoms with E-state index in [1.807, 2.05) is 35.7 Å². The highest BCUT2D eigenvalue weighted by molar-refractivity contribution is 8.16. The van der Waals surface area contributed by atoms with E-state index >= 15 is 0 Å². The third-order valence-electron chi connectivity index (χ3n) is 2.60. The van der Waals surface area contributed by atoms with Crippen molar-refractivity contribution in [1.82, 2.24) is 10.4 Å². The van der Waals surface area contributed by atoms with Crippen molar-refractivity contribution < 1.29 is 4.79 Å². The lowest BCUT2D eigenvalue weighted by molar-refractivity contribution is -0.122. The van der Waals surface area contributed by atoms with Crippen LogP contribution in [0.25, 0.3) is 5.70 Å². The van der Waals surface area contributed by atoms with Gasteiger partial charge in [0.1, 0.15) is 0 Å². The highest BCUT2D eigenvalue weighted by atomic mass is 32.2. The number of benzene rings is 1. The fourth-order valence-corrected chi connectivity index (χ4v) is 2.65. The Morgan fingerprint density at radius 2 is 2.12 bits per heavy atom. The molecule has 5 heteroatoms. The number of thioether (sulfide) groups is 1. The summed E-state index contributed by atoms with van der Waals surface area (Å²) in [5, 5.41) is 4.63. The first-order valence-corrected chi connectivity index (χ1v) is 6.29. The van der Waals surface area contributed by atoms with E-state index in [1.54, 1.807) is 16.8 Å². The van der Waals surface area contributed by atoms with Crippen molar-refractivity contribution in [3.8, 4) is 0 Å². The quantitative estimate of drug-likeness (QED) is 0.821. The Bertz CT molecular complexity index is 510. The number of carbonyl (C=O) groups excluding carboxylic acids is 1. The van der Waals surface area contributed by atoms with Gasteiger partial charge in [-0.25, -0.2) is 5.01 Å². The Morgan fingerprint density at radius 1 is 1.29 bits per heavy atom. The molecule has 3 rings (SSSR count). The second kappa shape index (κ2) is 4.25. The number of fused-ring (bicyclic) bond motifs is 1. The van der Waals surface area contributed by atoms with Gasteiger partial charge in [0.15, 0.2) is 5.17 Å². The second-order valence-corrected chi connectivity index (χ2v) is 4.61. The molecule has 0 fully saturated rings. The van der Waals surface area contributed by atoms with E-state index in [0.717, 1.165) is 16.4 Å². The minimum atomic E-state index is 0.00748. The third kappa shape index (κ3) is 1.93. The summed E-state index contributed by atoms with van der Waals surface area (Å²) in [5.74, 6) is 0.00748. The molecule has 2 aliphatic heterocycles. The highest BCUT2D eigenvalue weighted by Crippen LogP contribution is 2.32. The van der Waals surface area contributed by atoms with E-state index in [1.165, 1.54) is 0 Å². The van der Waals surface area contributed by atoms with Gasteiger partial charge in [0, 0.05) is 17.4 Å². The van der Waals surface area contributed by atoms with Crippen LogP contribution in [-0.4, -0.2) is 22.6 Å². The molecule has 2 aliphatic rings. The number of amidine groups is 1. The van der Waals surface area contributed by atoms with Crippen LogP contribution in [0.4, 0.5) is 0 Å². The first-order chi connectivity index (χ1) is 8.34. The lowest BCUT2D eigenvalue weighted by Gasteiger charge is -2.21. The molecular weight excluding hydrogens is 234 g/mol. The summed E-state index contributed by atoms with van der Waals surface area (Å²) in [5.41, 5.74) is 4.92. The van der Waals surface area contributed by atoms with Gasteiger partial charge < -0.3 is 0 Å². The van der Waals surface area contributed by atoms with Crippen molar-refractivity contribution in [2.75, 3.05) is 6.54 Å². The van der Waals surface area contributed by atoms with Gasteiger partial charge in [0.2, 0.25) is 5.91 Å². The summed E-state index contributed by atoms with van der Waals surface area (Å²) < 4.78 is 0. The van der Waals surface area contributed by atoms with Gasteiger partial charge in [0.25, 0.3) is 0 Å². The number of hydrogen-bond donors (Lipinski definition) is 1. The molecule has 0 saturated heterocycles. The van der Waals surface area contributed by atoms with Crippen LogP contribution in [0.3, 0.4) is 0 Å². The van der Waals surface area contributed by atoms with Crippen LogP contribution in [-0.2, 0) is 4.79 Å². The van der Waals surface area contributed by atoms with Crippen LogP contribution in [0.1, 0.15) is 12.0 Å². The van der Waals surface area contributed by atoms with E-state index in [4.69, 9.17) is 0 Å². The number of hydrogen-bond acceptors (Lipinski definition) is 4. The molecule has 0 aromatic heterocycles. The van der Waals surface area contributed by atoms with Gasteiger partial charge in [-0.1, -0.05) is 42.1 Å². The normalized spacial score (nSPS) is 19.1. The molecule has 1 N–H and O–H groups in total. The molecule has 1 aromatic carbocycles. The van der Waals surface area contributed by atoms with Crippen molar-refractivity contribution >= 4 is 28.5 Å². The predicted molar refractivity (Wildman–Crippen MR) is 68.9 cm³/mol. The standard InChI is InChI=1S/C12H11N3OS/c16-11-6-7-13-12-15(14-11)10(8-17-12)9-4-2-1-3-5-9/h1-5,8H,6-7H2,(H,14,16). The van der Waals surface area contributed by atoms with Crippen LogP contribution in [0.15, 0.2) is 40.7 Å². The topological polar surface area (TPSA) is 44.7 Å². The van der Waals surface area contributed by atoms with Crippen LogP contribution >= 0.6 is 11.8 Å². The molecule has 0 bridgehead atoms. The molecule has 17 heavy (non-hydrogen) atoms. The molecule has 86 valence electrons. The van der Waals surface area contributed by atoms with Crippen molar-refractivity contribution in [3.63, 3.8) is 0 Å². The maximum atomic E-state index is 11.5. The summed E-state index contributed by atoms with van der Waals surface area (Å²) in [4.78, 5) is 15.9. The van der Waals surface area contributed by atoms with Gasteiger partial charge in [-0.15, -0.1) is 0 Å². The Hall–Kier alpha value is -1.75. The summed E-state index contributed by atoms with van der Waals surface area (Å²) in [6.45, 7) is 0.556. The first-order valence-electron chi connectivity index (χ1n) is 5.41. The average Bonchev–Trinajstić information content (AvgIpc) is 2.64. The van der Waals surface area contributed by atoms with Crippen LogP contribution in [0, 0.1) is 0 Å². The van der Waals surface area contributed by atoms with E-state index in [-0.39, 0.29) is 5.91 Å². The van der Waals surface area contributed by atoms with Gasteiger partial charge in [-0.2, -0.15) is 0 Å². The van der Waals surface area contributed by atoms with E-state index in [9.17, 15) is 4.79 Å². The summed E-state index contributed by atoms with van der Waals surface area (Å²) >= 11 is 1.54. The van der Waals surface area contributed by atoms with Crippen LogP contribution in [0.5, 0.6) is 0 Å². The maximum Gasteiger partial charge on any atom is 0.240 e. The summed E-state index contributed by atoms with van der Waals surface area (Å²) in [7, 11) is 0. The molecule has 0 spiro atoms. The predicted octanol–water partition coefficient (Wildman–Crippen LogP) is 1.82. The number of carbonyl (C=O) groups is 1. The molecule has 0 saturated carbocycles. The largest absolute Gasteiger partial charge is 0.273 e. The molecule has 4 nitrogen and oxygen atoms in total. The van der Waals surface area contributed by atoms with Gasteiger partial charge >= 0.3 is 0 Å². The van der Waals surface area contributed by atoms with Crippen molar-refractivity contribution in [2.24, 2.45) is 4.99 Å². The monoisotopic (exact) mass is 245 g/mol. The molecule has 1 aromatic rings. The molecule has 1 amide bonds. The van der Waals surface area contributed by atoms with Gasteiger partial charge in [-0.05, 0) is 0 Å². The molecule has 2 heterocycles. The first kappa shape index (κ1) is 10.4. The second-order valence-electron chi connectivity index (χ2n) is 3.77. The highest BCUT2D eigenvalue weighted by Gasteiger charge is 2.27. The minimum Gasteiger partial charge on any atom is -0.273 e. The Balaban J connectivity index is 1.95. The number of rotatable bonds is 1. The van der Waals surface area contributed by atoms with Gasteiger partial charge in [-0.3, -0.25) is 15.2 Å². The Labute approximate surface area is 103 Å². The van der Waals surface area contributed by atoms with E-state index < -0.39 is 0 Å². The van der Waals surface area contributed by atoms with Crippen LogP contribution < -0.4 is 5.43 Å². The summed E-state index contributed by atoms with van der Waals surface area (Å²) in [6.07, 6.45) is 0.447. The summed E-state index contributed by atoms with van der Waals surface area (Å²) in [6, 6.07) is 9.98. The third-order valence-corrected chi connectivity index (χ3v) is 3.46. The molecule has 0 radical (unpaired) electrons. The molecule has 0 unspecified atom stereocenters. The lowest BCUT2D eigenvalue weighted by atomic mass is 10.2. The number of nitrogens with zero attached hydrogens (tertiary/aromatic N) is 2.